The average molecular weight is 299 g/mol. The summed E-state index contributed by atoms with van der Waals surface area (Å²) in [5.41, 5.74) is 1.82. The molecule has 0 heterocycles. The summed E-state index contributed by atoms with van der Waals surface area (Å²) in [7, 11) is 1.68. The third-order valence-corrected chi connectivity index (χ3v) is 6.25. The van der Waals surface area contributed by atoms with E-state index in [1.165, 1.54) is 32.1 Å². The molecular weight excluding hydrogens is 274 g/mol. The van der Waals surface area contributed by atoms with Crippen molar-refractivity contribution >= 4 is 5.91 Å². The van der Waals surface area contributed by atoms with Crippen LogP contribution in [0.3, 0.4) is 0 Å². The SMILES string of the molecule is COCc1cccc(C(=O)NC2CC3CC2C2CCCC32)c1. The molecule has 3 nitrogen and oxygen atoms in total. The van der Waals surface area contributed by atoms with Crippen LogP contribution < -0.4 is 5.32 Å². The van der Waals surface area contributed by atoms with E-state index in [1.807, 2.05) is 24.3 Å². The normalized spacial score (nSPS) is 35.6. The molecule has 22 heavy (non-hydrogen) atoms. The molecule has 3 saturated carbocycles. The van der Waals surface area contributed by atoms with E-state index in [2.05, 4.69) is 5.32 Å². The topological polar surface area (TPSA) is 38.3 Å². The fraction of sp³-hybridized carbons (Fsp3) is 0.632. The van der Waals surface area contributed by atoms with Gasteiger partial charge in [0.2, 0.25) is 0 Å². The minimum atomic E-state index is 0.0880. The van der Waals surface area contributed by atoms with Crippen LogP contribution in [-0.4, -0.2) is 19.1 Å². The Bertz CT molecular complexity index is 570. The fourth-order valence-corrected chi connectivity index (χ4v) is 5.45. The second-order valence-electron chi connectivity index (χ2n) is 7.37. The number of nitrogens with one attached hydrogen (secondary N) is 1. The van der Waals surface area contributed by atoms with Gasteiger partial charge in [-0.2, -0.15) is 0 Å². The Hall–Kier alpha value is -1.35. The van der Waals surface area contributed by atoms with Gasteiger partial charge >= 0.3 is 0 Å². The molecule has 4 rings (SSSR count). The molecule has 3 heteroatoms. The van der Waals surface area contributed by atoms with Gasteiger partial charge in [-0.3, -0.25) is 4.79 Å². The van der Waals surface area contributed by atoms with Gasteiger partial charge in [0.25, 0.3) is 5.91 Å². The molecule has 0 aliphatic heterocycles. The lowest BCUT2D eigenvalue weighted by molar-refractivity contribution is 0.0900. The molecule has 0 aromatic heterocycles. The van der Waals surface area contributed by atoms with Gasteiger partial charge in [-0.25, -0.2) is 0 Å². The molecule has 1 aromatic carbocycles. The van der Waals surface area contributed by atoms with Crippen molar-refractivity contribution in [2.24, 2.45) is 23.7 Å². The number of methoxy groups -OCH3 is 1. The van der Waals surface area contributed by atoms with Gasteiger partial charge in [-0.05, 0) is 67.1 Å². The lowest BCUT2D eigenvalue weighted by Crippen LogP contribution is -2.42. The van der Waals surface area contributed by atoms with Crippen LogP contribution in [0.15, 0.2) is 24.3 Å². The number of benzene rings is 1. The Balaban J connectivity index is 1.43. The summed E-state index contributed by atoms with van der Waals surface area (Å²) < 4.78 is 5.15. The summed E-state index contributed by atoms with van der Waals surface area (Å²) in [5, 5.41) is 3.33. The highest BCUT2D eigenvalue weighted by Gasteiger charge is 2.54. The van der Waals surface area contributed by atoms with Crippen LogP contribution >= 0.6 is 0 Å². The van der Waals surface area contributed by atoms with E-state index in [1.54, 1.807) is 7.11 Å². The van der Waals surface area contributed by atoms with Crippen LogP contribution in [-0.2, 0) is 11.3 Å². The second kappa shape index (κ2) is 5.69. The minimum absolute atomic E-state index is 0.0880. The highest BCUT2D eigenvalue weighted by atomic mass is 16.5. The van der Waals surface area contributed by atoms with Gasteiger partial charge in [0.1, 0.15) is 0 Å². The van der Waals surface area contributed by atoms with Crippen molar-refractivity contribution in [3.63, 3.8) is 0 Å². The third-order valence-electron chi connectivity index (χ3n) is 6.25. The van der Waals surface area contributed by atoms with E-state index in [4.69, 9.17) is 4.74 Å². The second-order valence-corrected chi connectivity index (χ2v) is 7.37. The number of carbonyl (C=O) groups excluding carboxylic acids is 1. The van der Waals surface area contributed by atoms with Gasteiger partial charge in [-0.1, -0.05) is 18.6 Å². The van der Waals surface area contributed by atoms with E-state index in [9.17, 15) is 4.79 Å². The van der Waals surface area contributed by atoms with Crippen molar-refractivity contribution < 1.29 is 9.53 Å². The van der Waals surface area contributed by atoms with Crippen molar-refractivity contribution in [3.05, 3.63) is 35.4 Å². The number of fused-ring (bicyclic) bond motifs is 5. The Labute approximate surface area is 132 Å². The molecule has 0 spiro atoms. The molecule has 3 aliphatic carbocycles. The smallest absolute Gasteiger partial charge is 0.251 e. The molecular formula is C19H25NO2. The third kappa shape index (κ3) is 2.36. The molecule has 3 fully saturated rings. The number of amides is 1. The zero-order valence-electron chi connectivity index (χ0n) is 13.3. The average Bonchev–Trinajstić information content (AvgIpc) is 3.20. The number of hydrogen-bond acceptors (Lipinski definition) is 2. The first kappa shape index (κ1) is 14.3. The quantitative estimate of drug-likeness (QED) is 0.925. The van der Waals surface area contributed by atoms with Crippen molar-refractivity contribution in [2.75, 3.05) is 7.11 Å². The van der Waals surface area contributed by atoms with E-state index >= 15 is 0 Å². The standard InChI is InChI=1S/C19H25NO2/c1-22-11-12-4-2-5-13(8-12)19(21)20-18-10-14-9-17(18)16-7-3-6-15(14)16/h2,4-5,8,14-18H,3,6-7,9-11H2,1H3,(H,20,21). The van der Waals surface area contributed by atoms with Gasteiger partial charge in [0.15, 0.2) is 0 Å². The van der Waals surface area contributed by atoms with Gasteiger partial charge < -0.3 is 10.1 Å². The highest BCUT2D eigenvalue weighted by Crippen LogP contribution is 2.58. The molecule has 0 radical (unpaired) electrons. The summed E-state index contributed by atoms with van der Waals surface area (Å²) in [6.07, 6.45) is 6.79. The predicted octanol–water partition coefficient (Wildman–Crippen LogP) is 3.39. The maximum Gasteiger partial charge on any atom is 0.251 e. The molecule has 1 amide bonds. The van der Waals surface area contributed by atoms with E-state index in [-0.39, 0.29) is 5.91 Å². The number of ether oxygens (including phenoxy) is 1. The first-order valence-corrected chi connectivity index (χ1v) is 8.65. The van der Waals surface area contributed by atoms with E-state index in [0.29, 0.717) is 12.6 Å². The van der Waals surface area contributed by atoms with E-state index < -0.39 is 0 Å². The monoisotopic (exact) mass is 299 g/mol. The van der Waals surface area contributed by atoms with E-state index in [0.717, 1.165) is 34.8 Å². The Morgan fingerprint density at radius 1 is 1.23 bits per heavy atom. The first-order chi connectivity index (χ1) is 10.8. The zero-order chi connectivity index (χ0) is 15.1. The molecule has 5 unspecified atom stereocenters. The Morgan fingerprint density at radius 2 is 2.09 bits per heavy atom. The van der Waals surface area contributed by atoms with Gasteiger partial charge in [0, 0.05) is 18.7 Å². The molecule has 0 saturated heterocycles. The predicted molar refractivity (Wildman–Crippen MR) is 85.5 cm³/mol. The van der Waals surface area contributed by atoms with Crippen LogP contribution in [0.5, 0.6) is 0 Å². The van der Waals surface area contributed by atoms with Crippen molar-refractivity contribution in [1.29, 1.82) is 0 Å². The molecule has 2 bridgehead atoms. The van der Waals surface area contributed by atoms with Crippen LogP contribution in [0.4, 0.5) is 0 Å². The maximum atomic E-state index is 12.6. The summed E-state index contributed by atoms with van der Waals surface area (Å²) >= 11 is 0. The lowest BCUT2D eigenvalue weighted by atomic mass is 9.79. The van der Waals surface area contributed by atoms with Crippen molar-refractivity contribution in [2.45, 2.75) is 44.8 Å². The molecule has 1 aromatic rings. The number of rotatable bonds is 4. The molecule has 1 N–H and O–H groups in total. The lowest BCUT2D eigenvalue weighted by Gasteiger charge is -2.32. The maximum absolute atomic E-state index is 12.6. The van der Waals surface area contributed by atoms with Crippen molar-refractivity contribution in [1.82, 2.24) is 5.32 Å². The van der Waals surface area contributed by atoms with Gasteiger partial charge in [-0.15, -0.1) is 0 Å². The van der Waals surface area contributed by atoms with Crippen LogP contribution in [0.2, 0.25) is 0 Å². The van der Waals surface area contributed by atoms with Crippen molar-refractivity contribution in [3.8, 4) is 0 Å². The summed E-state index contributed by atoms with van der Waals surface area (Å²) in [5.74, 6) is 3.57. The summed E-state index contributed by atoms with van der Waals surface area (Å²) in [6.45, 7) is 0.555. The first-order valence-electron chi connectivity index (χ1n) is 8.65. The van der Waals surface area contributed by atoms with Crippen LogP contribution in [0, 0.1) is 23.7 Å². The van der Waals surface area contributed by atoms with Crippen LogP contribution in [0.25, 0.3) is 0 Å². The fourth-order valence-electron chi connectivity index (χ4n) is 5.45. The largest absolute Gasteiger partial charge is 0.380 e. The van der Waals surface area contributed by atoms with Crippen LogP contribution in [0.1, 0.15) is 48.0 Å². The Kier molecular flexibility index (Phi) is 3.69. The number of hydrogen-bond donors (Lipinski definition) is 1. The Morgan fingerprint density at radius 3 is 2.95 bits per heavy atom. The summed E-state index contributed by atoms with van der Waals surface area (Å²) in [4.78, 5) is 12.6. The number of carbonyl (C=O) groups is 1. The minimum Gasteiger partial charge on any atom is -0.380 e. The highest BCUT2D eigenvalue weighted by molar-refractivity contribution is 5.94. The molecule has 3 aliphatic rings. The molecule has 5 atom stereocenters. The zero-order valence-corrected chi connectivity index (χ0v) is 13.3. The molecule has 118 valence electrons. The van der Waals surface area contributed by atoms with Gasteiger partial charge in [0.05, 0.1) is 6.61 Å². The summed E-state index contributed by atoms with van der Waals surface area (Å²) in [6, 6.07) is 8.20.